The Morgan fingerprint density at radius 3 is 2.82 bits per heavy atom. The van der Waals surface area contributed by atoms with E-state index in [1.807, 2.05) is 0 Å². The number of benzene rings is 1. The summed E-state index contributed by atoms with van der Waals surface area (Å²) >= 11 is 0. The molecule has 1 aliphatic heterocycles. The number of halogens is 1. The molecule has 1 saturated heterocycles. The van der Waals surface area contributed by atoms with Crippen LogP contribution in [0.3, 0.4) is 0 Å². The van der Waals surface area contributed by atoms with Gasteiger partial charge in [0.25, 0.3) is 0 Å². The van der Waals surface area contributed by atoms with Gasteiger partial charge in [0.05, 0.1) is 0 Å². The van der Waals surface area contributed by atoms with Crippen LogP contribution < -0.4 is 4.90 Å². The maximum absolute atomic E-state index is 12.8. The van der Waals surface area contributed by atoms with Crippen molar-refractivity contribution in [3.63, 3.8) is 0 Å². The number of carbonyl (C=O) groups is 1. The number of carbonyl (C=O) groups excluding carboxylic acids is 1. The molecule has 0 aromatic heterocycles. The third-order valence-corrected chi connectivity index (χ3v) is 2.75. The summed E-state index contributed by atoms with van der Waals surface area (Å²) in [6, 6.07) is 5.79. The van der Waals surface area contributed by atoms with Crippen LogP contribution in [0, 0.1) is 11.7 Å². The summed E-state index contributed by atoms with van der Waals surface area (Å²) < 4.78 is 12.8. The number of nitrogens with zero attached hydrogens (tertiary/aromatic N) is 4. The summed E-state index contributed by atoms with van der Waals surface area (Å²) in [5.74, 6) is -0.302. The van der Waals surface area contributed by atoms with Crippen molar-refractivity contribution in [2.75, 3.05) is 18.0 Å². The molecule has 1 aliphatic rings. The van der Waals surface area contributed by atoms with Gasteiger partial charge in [-0.1, -0.05) is 5.11 Å². The van der Waals surface area contributed by atoms with E-state index in [4.69, 9.17) is 5.53 Å². The number of hydrogen-bond donors (Lipinski definition) is 0. The first kappa shape index (κ1) is 11.4. The Morgan fingerprint density at radius 2 is 2.18 bits per heavy atom. The van der Waals surface area contributed by atoms with Crippen LogP contribution in [-0.4, -0.2) is 19.0 Å². The Bertz CT molecular complexity index is 467. The van der Waals surface area contributed by atoms with Gasteiger partial charge in [-0.15, -0.1) is 0 Å². The Morgan fingerprint density at radius 1 is 1.47 bits per heavy atom. The van der Waals surface area contributed by atoms with Gasteiger partial charge in [0.15, 0.2) is 0 Å². The summed E-state index contributed by atoms with van der Waals surface area (Å²) in [7, 11) is 0. The number of hydrogen-bond acceptors (Lipinski definition) is 2. The lowest BCUT2D eigenvalue weighted by molar-refractivity contribution is -0.117. The van der Waals surface area contributed by atoms with Gasteiger partial charge in [-0.2, -0.15) is 0 Å². The first-order valence-electron chi connectivity index (χ1n) is 5.27. The lowest BCUT2D eigenvalue weighted by Gasteiger charge is -2.16. The van der Waals surface area contributed by atoms with Crippen molar-refractivity contribution in [2.45, 2.75) is 6.42 Å². The topological polar surface area (TPSA) is 69.1 Å². The molecule has 0 bridgehead atoms. The minimum absolute atomic E-state index is 0.0188. The van der Waals surface area contributed by atoms with E-state index in [-0.39, 0.29) is 17.6 Å². The van der Waals surface area contributed by atoms with Crippen molar-refractivity contribution >= 4 is 11.6 Å². The fourth-order valence-electron chi connectivity index (χ4n) is 1.93. The van der Waals surface area contributed by atoms with Crippen LogP contribution in [-0.2, 0) is 4.79 Å². The molecule has 17 heavy (non-hydrogen) atoms. The smallest absolute Gasteiger partial charge is 0.227 e. The molecule has 88 valence electrons. The van der Waals surface area contributed by atoms with Gasteiger partial charge in [-0.05, 0) is 35.7 Å². The third kappa shape index (κ3) is 2.54. The lowest BCUT2D eigenvalue weighted by Crippen LogP contribution is -2.24. The molecule has 5 nitrogen and oxygen atoms in total. The van der Waals surface area contributed by atoms with Crippen LogP contribution in [0.2, 0.25) is 0 Å². The molecule has 1 atom stereocenters. The second-order valence-corrected chi connectivity index (χ2v) is 3.96. The molecule has 6 heteroatoms. The Labute approximate surface area is 97.5 Å². The molecule has 1 unspecified atom stereocenters. The normalized spacial score (nSPS) is 19.2. The second kappa shape index (κ2) is 4.84. The van der Waals surface area contributed by atoms with Crippen LogP contribution in [0.5, 0.6) is 0 Å². The predicted molar refractivity (Wildman–Crippen MR) is 60.9 cm³/mol. The molecular formula is C11H11FN4O. The minimum Gasteiger partial charge on any atom is -0.312 e. The molecule has 0 aliphatic carbocycles. The zero-order chi connectivity index (χ0) is 12.3. The fourth-order valence-corrected chi connectivity index (χ4v) is 1.93. The molecule has 1 heterocycles. The maximum Gasteiger partial charge on any atom is 0.227 e. The largest absolute Gasteiger partial charge is 0.312 e. The molecule has 0 N–H and O–H groups in total. The van der Waals surface area contributed by atoms with Gasteiger partial charge < -0.3 is 4.90 Å². The number of rotatable bonds is 3. The van der Waals surface area contributed by atoms with E-state index in [9.17, 15) is 9.18 Å². The molecule has 1 amide bonds. The monoisotopic (exact) mass is 234 g/mol. The molecule has 0 saturated carbocycles. The summed E-state index contributed by atoms with van der Waals surface area (Å²) in [6.07, 6.45) is 0.371. The van der Waals surface area contributed by atoms with Crippen molar-refractivity contribution in [1.29, 1.82) is 0 Å². The van der Waals surface area contributed by atoms with Gasteiger partial charge in [0.2, 0.25) is 5.91 Å². The molecule has 0 spiro atoms. The quantitative estimate of drug-likeness (QED) is 0.450. The summed E-state index contributed by atoms with van der Waals surface area (Å²) in [4.78, 5) is 16.0. The van der Waals surface area contributed by atoms with Gasteiger partial charge in [0.1, 0.15) is 5.82 Å². The maximum atomic E-state index is 12.8. The Kier molecular flexibility index (Phi) is 3.25. The van der Waals surface area contributed by atoms with Gasteiger partial charge in [0, 0.05) is 30.1 Å². The van der Waals surface area contributed by atoms with Crippen LogP contribution in [0.25, 0.3) is 10.4 Å². The van der Waals surface area contributed by atoms with Crippen molar-refractivity contribution in [2.24, 2.45) is 11.0 Å². The minimum atomic E-state index is -0.328. The van der Waals surface area contributed by atoms with E-state index in [1.165, 1.54) is 12.1 Å². The van der Waals surface area contributed by atoms with Crippen molar-refractivity contribution in [3.05, 3.63) is 40.5 Å². The Balaban J connectivity index is 2.10. The summed E-state index contributed by atoms with van der Waals surface area (Å²) in [5, 5.41) is 3.47. The van der Waals surface area contributed by atoms with Gasteiger partial charge in [-0.25, -0.2) is 4.39 Å². The third-order valence-electron chi connectivity index (χ3n) is 2.75. The summed E-state index contributed by atoms with van der Waals surface area (Å²) in [5.41, 5.74) is 8.90. The Hall–Kier alpha value is -2.07. The zero-order valence-corrected chi connectivity index (χ0v) is 9.08. The van der Waals surface area contributed by atoms with Crippen molar-refractivity contribution < 1.29 is 9.18 Å². The van der Waals surface area contributed by atoms with Gasteiger partial charge >= 0.3 is 0 Å². The van der Waals surface area contributed by atoms with E-state index in [2.05, 4.69) is 10.0 Å². The second-order valence-electron chi connectivity index (χ2n) is 3.96. The zero-order valence-electron chi connectivity index (χ0n) is 9.08. The highest BCUT2D eigenvalue weighted by Crippen LogP contribution is 2.25. The van der Waals surface area contributed by atoms with E-state index in [0.29, 0.717) is 25.2 Å². The highest BCUT2D eigenvalue weighted by atomic mass is 19.1. The standard InChI is InChI=1S/C11H11FN4O/c12-9-1-3-10(4-2-9)16-7-8(5-11(16)17)6-14-15-13/h1-4,8H,5-7H2. The van der Waals surface area contributed by atoms with Crippen LogP contribution in [0.4, 0.5) is 10.1 Å². The highest BCUT2D eigenvalue weighted by Gasteiger charge is 2.29. The lowest BCUT2D eigenvalue weighted by atomic mass is 10.1. The number of amides is 1. The van der Waals surface area contributed by atoms with Gasteiger partial charge in [-0.3, -0.25) is 4.79 Å². The molecule has 2 rings (SSSR count). The average Bonchev–Trinajstić information content (AvgIpc) is 2.69. The van der Waals surface area contributed by atoms with Crippen LogP contribution >= 0.6 is 0 Å². The highest BCUT2D eigenvalue weighted by molar-refractivity contribution is 5.95. The number of azide groups is 1. The van der Waals surface area contributed by atoms with E-state index in [0.717, 1.165) is 0 Å². The molecule has 1 fully saturated rings. The van der Waals surface area contributed by atoms with Crippen LogP contribution in [0.1, 0.15) is 6.42 Å². The molecule has 0 radical (unpaired) electrons. The van der Waals surface area contributed by atoms with Crippen molar-refractivity contribution in [3.8, 4) is 0 Å². The first-order valence-corrected chi connectivity index (χ1v) is 5.27. The predicted octanol–water partition coefficient (Wildman–Crippen LogP) is 2.49. The summed E-state index contributed by atoms with van der Waals surface area (Å²) in [6.45, 7) is 0.837. The van der Waals surface area contributed by atoms with E-state index < -0.39 is 0 Å². The molecular weight excluding hydrogens is 223 g/mol. The SMILES string of the molecule is [N-]=[N+]=NCC1CC(=O)N(c2ccc(F)cc2)C1. The molecule has 1 aromatic rings. The van der Waals surface area contributed by atoms with Crippen molar-refractivity contribution in [1.82, 2.24) is 0 Å². The van der Waals surface area contributed by atoms with Crippen LogP contribution in [0.15, 0.2) is 29.4 Å². The van der Waals surface area contributed by atoms with E-state index >= 15 is 0 Å². The fraction of sp³-hybridized carbons (Fsp3) is 0.364. The molecule has 1 aromatic carbocycles. The number of anilines is 1. The average molecular weight is 234 g/mol. The van der Waals surface area contributed by atoms with E-state index in [1.54, 1.807) is 17.0 Å². The first-order chi connectivity index (χ1) is 8.20.